The van der Waals surface area contributed by atoms with Gasteiger partial charge >= 0.3 is 6.18 Å². The first-order valence-corrected chi connectivity index (χ1v) is 11.8. The summed E-state index contributed by atoms with van der Waals surface area (Å²) in [6, 6.07) is 29.0. The molecule has 0 unspecified atom stereocenters. The Kier molecular flexibility index (Phi) is 6.82. The Bertz CT molecular complexity index is 1530. The molecule has 0 radical (unpaired) electrons. The van der Waals surface area contributed by atoms with Crippen LogP contribution in [0.5, 0.6) is 11.5 Å². The summed E-state index contributed by atoms with van der Waals surface area (Å²) >= 11 is 0. The summed E-state index contributed by atoms with van der Waals surface area (Å²) in [7, 11) is 1.61. The fourth-order valence-electron chi connectivity index (χ4n) is 4.51. The third kappa shape index (κ3) is 5.28. The second-order valence-corrected chi connectivity index (χ2v) is 8.65. The van der Waals surface area contributed by atoms with Gasteiger partial charge in [-0.1, -0.05) is 72.8 Å². The van der Waals surface area contributed by atoms with E-state index >= 15 is 0 Å². The lowest BCUT2D eigenvalue weighted by atomic mass is 9.92. The predicted molar refractivity (Wildman–Crippen MR) is 139 cm³/mol. The van der Waals surface area contributed by atoms with Crippen LogP contribution in [0.3, 0.4) is 0 Å². The van der Waals surface area contributed by atoms with E-state index in [2.05, 4.69) is 4.98 Å². The maximum absolute atomic E-state index is 13.8. The van der Waals surface area contributed by atoms with Gasteiger partial charge in [-0.3, -0.25) is 4.98 Å². The highest BCUT2D eigenvalue weighted by atomic mass is 19.4. The van der Waals surface area contributed by atoms with Gasteiger partial charge in [0.2, 0.25) is 0 Å². The summed E-state index contributed by atoms with van der Waals surface area (Å²) in [4.78, 5) is 4.28. The highest BCUT2D eigenvalue weighted by molar-refractivity contribution is 5.98. The van der Waals surface area contributed by atoms with E-state index in [1.165, 1.54) is 6.07 Å². The molecule has 0 saturated heterocycles. The monoisotopic (exact) mass is 499 g/mol. The molecular weight excluding hydrogens is 475 g/mol. The second kappa shape index (κ2) is 10.3. The SMILES string of the molecule is COc1ccccc1COc1cccc(-c2c(Cc3ccccc3)cnc3c(C(F)(F)F)cccc23)c1. The lowest BCUT2D eigenvalue weighted by Crippen LogP contribution is -2.07. The first kappa shape index (κ1) is 24.4. The Morgan fingerprint density at radius 1 is 0.784 bits per heavy atom. The molecule has 3 nitrogen and oxygen atoms in total. The van der Waals surface area contributed by atoms with Gasteiger partial charge in [-0.2, -0.15) is 13.2 Å². The van der Waals surface area contributed by atoms with Crippen LogP contribution in [0.2, 0.25) is 0 Å². The number of nitrogens with zero attached hydrogens (tertiary/aromatic N) is 1. The van der Waals surface area contributed by atoms with Gasteiger partial charge in [0, 0.05) is 17.1 Å². The van der Waals surface area contributed by atoms with Crippen LogP contribution in [-0.4, -0.2) is 12.1 Å². The molecule has 0 aliphatic rings. The minimum absolute atomic E-state index is 0.0674. The highest BCUT2D eigenvalue weighted by Gasteiger charge is 2.33. The molecule has 0 aliphatic carbocycles. The number of benzene rings is 4. The van der Waals surface area contributed by atoms with Crippen molar-refractivity contribution in [1.29, 1.82) is 0 Å². The third-order valence-electron chi connectivity index (χ3n) is 6.23. The first-order chi connectivity index (χ1) is 17.9. The maximum Gasteiger partial charge on any atom is 0.418 e. The van der Waals surface area contributed by atoms with Crippen LogP contribution in [0.1, 0.15) is 22.3 Å². The second-order valence-electron chi connectivity index (χ2n) is 8.65. The van der Waals surface area contributed by atoms with Gasteiger partial charge in [0.05, 0.1) is 18.2 Å². The number of hydrogen-bond acceptors (Lipinski definition) is 3. The standard InChI is InChI=1S/C31H24F3NO2/c1-36-28-16-6-5-11-23(28)20-37-25-13-7-12-22(18-25)29-24(17-21-9-3-2-4-10-21)19-35-30-26(29)14-8-15-27(30)31(32,33)34/h2-16,18-19H,17,20H2,1H3. The number of fused-ring (bicyclic) bond motifs is 1. The number of rotatable bonds is 7. The van der Waals surface area contributed by atoms with E-state index in [-0.39, 0.29) is 5.52 Å². The number of ether oxygens (including phenoxy) is 2. The molecule has 0 bridgehead atoms. The van der Waals surface area contributed by atoms with E-state index in [9.17, 15) is 13.2 Å². The average Bonchev–Trinajstić information content (AvgIpc) is 2.91. The fraction of sp³-hybridized carbons (Fsp3) is 0.129. The summed E-state index contributed by atoms with van der Waals surface area (Å²) in [6.07, 6.45) is -2.42. The number of aromatic nitrogens is 1. The molecule has 4 aromatic carbocycles. The number of alkyl halides is 3. The van der Waals surface area contributed by atoms with E-state index in [1.54, 1.807) is 19.4 Å². The van der Waals surface area contributed by atoms with Crippen molar-refractivity contribution in [2.24, 2.45) is 0 Å². The van der Waals surface area contributed by atoms with Gasteiger partial charge in [-0.05, 0) is 52.9 Å². The number of halogens is 3. The molecule has 186 valence electrons. The molecule has 0 spiro atoms. The molecular formula is C31H24F3NO2. The van der Waals surface area contributed by atoms with E-state index in [4.69, 9.17) is 9.47 Å². The van der Waals surface area contributed by atoms with Gasteiger partial charge in [0.1, 0.15) is 18.1 Å². The first-order valence-electron chi connectivity index (χ1n) is 11.8. The zero-order chi connectivity index (χ0) is 25.8. The van der Waals surface area contributed by atoms with Crippen LogP contribution in [0.15, 0.2) is 103 Å². The van der Waals surface area contributed by atoms with E-state index in [0.717, 1.165) is 34.1 Å². The molecule has 5 rings (SSSR count). The topological polar surface area (TPSA) is 31.4 Å². The smallest absolute Gasteiger partial charge is 0.418 e. The molecule has 0 atom stereocenters. The predicted octanol–water partition coefficient (Wildman–Crippen LogP) is 8.10. The van der Waals surface area contributed by atoms with Crippen LogP contribution in [0.4, 0.5) is 13.2 Å². The molecule has 1 aromatic heterocycles. The Morgan fingerprint density at radius 3 is 2.32 bits per heavy atom. The van der Waals surface area contributed by atoms with Crippen molar-refractivity contribution in [3.05, 3.63) is 126 Å². The van der Waals surface area contributed by atoms with Crippen LogP contribution >= 0.6 is 0 Å². The molecule has 0 N–H and O–H groups in total. The van der Waals surface area contributed by atoms with Crippen LogP contribution in [-0.2, 0) is 19.2 Å². The van der Waals surface area contributed by atoms with Gasteiger partial charge in [-0.25, -0.2) is 0 Å². The maximum atomic E-state index is 13.8. The molecule has 5 aromatic rings. The van der Waals surface area contributed by atoms with Crippen LogP contribution in [0, 0.1) is 0 Å². The van der Waals surface area contributed by atoms with Crippen molar-refractivity contribution in [2.45, 2.75) is 19.2 Å². The van der Waals surface area contributed by atoms with Crippen molar-refractivity contribution in [3.8, 4) is 22.6 Å². The summed E-state index contributed by atoms with van der Waals surface area (Å²) in [6.45, 7) is 0.291. The minimum Gasteiger partial charge on any atom is -0.496 e. The lowest BCUT2D eigenvalue weighted by molar-refractivity contribution is -0.136. The number of methoxy groups -OCH3 is 1. The molecule has 0 aliphatic heterocycles. The summed E-state index contributed by atoms with van der Waals surface area (Å²) in [5.41, 5.74) is 3.42. The number of hydrogen-bond donors (Lipinski definition) is 0. The van der Waals surface area contributed by atoms with Crippen molar-refractivity contribution in [1.82, 2.24) is 4.98 Å². The van der Waals surface area contributed by atoms with E-state index in [0.29, 0.717) is 29.7 Å². The Balaban J connectivity index is 1.60. The summed E-state index contributed by atoms with van der Waals surface area (Å²) < 4.78 is 52.9. The zero-order valence-corrected chi connectivity index (χ0v) is 20.1. The van der Waals surface area contributed by atoms with Crippen LogP contribution in [0.25, 0.3) is 22.0 Å². The average molecular weight is 500 g/mol. The zero-order valence-electron chi connectivity index (χ0n) is 20.1. The molecule has 6 heteroatoms. The molecule has 0 saturated carbocycles. The van der Waals surface area contributed by atoms with Gasteiger partial charge in [-0.15, -0.1) is 0 Å². The number of pyridine rings is 1. The molecule has 1 heterocycles. The molecule has 37 heavy (non-hydrogen) atoms. The lowest BCUT2D eigenvalue weighted by Gasteiger charge is -2.17. The third-order valence-corrected chi connectivity index (χ3v) is 6.23. The molecule has 0 fully saturated rings. The highest BCUT2D eigenvalue weighted by Crippen LogP contribution is 2.39. The van der Waals surface area contributed by atoms with Crippen molar-refractivity contribution >= 4 is 10.9 Å². The minimum atomic E-state index is -4.51. The van der Waals surface area contributed by atoms with Gasteiger partial charge in [0.15, 0.2) is 0 Å². The van der Waals surface area contributed by atoms with Crippen molar-refractivity contribution < 1.29 is 22.6 Å². The largest absolute Gasteiger partial charge is 0.496 e. The van der Waals surface area contributed by atoms with Gasteiger partial charge < -0.3 is 9.47 Å². The summed E-state index contributed by atoms with van der Waals surface area (Å²) in [5.74, 6) is 1.33. The normalized spacial score (nSPS) is 11.5. The van der Waals surface area contributed by atoms with Crippen molar-refractivity contribution in [2.75, 3.05) is 7.11 Å². The van der Waals surface area contributed by atoms with Crippen LogP contribution < -0.4 is 9.47 Å². The summed E-state index contributed by atoms with van der Waals surface area (Å²) in [5, 5.41) is 0.449. The fourth-order valence-corrected chi connectivity index (χ4v) is 4.51. The van der Waals surface area contributed by atoms with E-state index in [1.807, 2.05) is 78.9 Å². The van der Waals surface area contributed by atoms with Crippen molar-refractivity contribution in [3.63, 3.8) is 0 Å². The van der Waals surface area contributed by atoms with Gasteiger partial charge in [0.25, 0.3) is 0 Å². The Morgan fingerprint density at radius 2 is 1.54 bits per heavy atom. The quantitative estimate of drug-likeness (QED) is 0.227. The number of para-hydroxylation sites is 2. The van der Waals surface area contributed by atoms with E-state index < -0.39 is 11.7 Å². The Labute approximate surface area is 213 Å². The Hall–Kier alpha value is -4.32. The molecule has 0 amide bonds.